The first-order valence-corrected chi connectivity index (χ1v) is 10.6. The van der Waals surface area contributed by atoms with Crippen LogP contribution >= 0.6 is 0 Å². The average molecular weight is 383 g/mol. The molecule has 6 heteroatoms. The van der Waals surface area contributed by atoms with Crippen molar-refractivity contribution in [1.82, 2.24) is 25.4 Å². The summed E-state index contributed by atoms with van der Waals surface area (Å²) in [7, 11) is 1.99. The Hall–Kier alpha value is -2.37. The van der Waals surface area contributed by atoms with Gasteiger partial charge in [-0.1, -0.05) is 62.4 Å². The van der Waals surface area contributed by atoms with Gasteiger partial charge in [-0.2, -0.15) is 0 Å². The third kappa shape index (κ3) is 6.36. The third-order valence-corrected chi connectivity index (χ3v) is 5.67. The third-order valence-electron chi connectivity index (χ3n) is 5.67. The number of nitrogens with zero attached hydrogens (tertiary/aromatic N) is 4. The largest absolute Gasteiger partial charge is 0.356 e. The Bertz CT molecular complexity index is 731. The Morgan fingerprint density at radius 2 is 1.89 bits per heavy atom. The van der Waals surface area contributed by atoms with E-state index in [2.05, 4.69) is 45.1 Å². The van der Waals surface area contributed by atoms with E-state index in [0.29, 0.717) is 13.1 Å². The van der Waals surface area contributed by atoms with E-state index in [1.807, 2.05) is 24.6 Å². The Morgan fingerprint density at radius 3 is 2.61 bits per heavy atom. The van der Waals surface area contributed by atoms with Crippen LogP contribution in [0.5, 0.6) is 0 Å². The number of aryl methyl sites for hydroxylation is 1. The molecule has 1 aliphatic rings. The van der Waals surface area contributed by atoms with Gasteiger partial charge in [0.05, 0.1) is 13.1 Å². The highest BCUT2D eigenvalue weighted by molar-refractivity contribution is 5.79. The fourth-order valence-corrected chi connectivity index (χ4v) is 3.77. The van der Waals surface area contributed by atoms with Crippen molar-refractivity contribution in [3.05, 3.63) is 47.5 Å². The Balaban J connectivity index is 1.51. The van der Waals surface area contributed by atoms with Crippen LogP contribution in [0.2, 0.25) is 0 Å². The molecule has 28 heavy (non-hydrogen) atoms. The number of nitrogens with one attached hydrogen (secondary N) is 2. The molecule has 0 unspecified atom stereocenters. The fraction of sp³-hybridized carbons (Fsp3) is 0.591. The van der Waals surface area contributed by atoms with Crippen molar-refractivity contribution in [2.75, 3.05) is 6.54 Å². The molecule has 1 fully saturated rings. The van der Waals surface area contributed by atoms with Crippen molar-refractivity contribution >= 4 is 5.96 Å². The van der Waals surface area contributed by atoms with Crippen LogP contribution in [-0.2, 0) is 20.1 Å². The molecule has 0 amide bonds. The minimum atomic E-state index is 0.612. The summed E-state index contributed by atoms with van der Waals surface area (Å²) in [6.07, 6.45) is 9.61. The van der Waals surface area contributed by atoms with Gasteiger partial charge in [-0.3, -0.25) is 0 Å². The van der Waals surface area contributed by atoms with E-state index in [0.717, 1.165) is 30.1 Å². The molecule has 2 aromatic rings. The molecule has 152 valence electrons. The molecule has 0 radical (unpaired) electrons. The molecule has 1 aromatic heterocycles. The van der Waals surface area contributed by atoms with Crippen molar-refractivity contribution in [3.8, 4) is 0 Å². The quantitative estimate of drug-likeness (QED) is 0.415. The Labute approximate surface area is 168 Å². The molecule has 0 saturated heterocycles. The zero-order valence-corrected chi connectivity index (χ0v) is 17.3. The standard InChI is InChI=1S/C22H34N6/c1-18-26-27-21(28(18)2)17-25-22(24-16-20-12-7-4-8-13-20)23-15-9-14-19-10-5-3-6-11-19/h4,7-8,12-13,19H,3,5-6,9-11,14-17H2,1-2H3,(H2,23,24,25). The first-order valence-electron chi connectivity index (χ1n) is 10.6. The van der Waals surface area contributed by atoms with E-state index in [1.54, 1.807) is 0 Å². The second kappa shape index (κ2) is 10.8. The SMILES string of the molecule is Cc1nnc(CNC(=NCc2ccccc2)NCCCC2CCCCC2)n1C. The lowest BCUT2D eigenvalue weighted by atomic mass is 9.86. The lowest BCUT2D eigenvalue weighted by Gasteiger charge is -2.21. The molecule has 2 N–H and O–H groups in total. The van der Waals surface area contributed by atoms with Gasteiger partial charge in [-0.25, -0.2) is 4.99 Å². The smallest absolute Gasteiger partial charge is 0.191 e. The van der Waals surface area contributed by atoms with Crippen LogP contribution in [0, 0.1) is 12.8 Å². The summed E-state index contributed by atoms with van der Waals surface area (Å²) in [6, 6.07) is 10.4. The molecule has 0 atom stereocenters. The van der Waals surface area contributed by atoms with E-state index in [-0.39, 0.29) is 0 Å². The predicted octanol–water partition coefficient (Wildman–Crippen LogP) is 3.72. The molecule has 1 saturated carbocycles. The van der Waals surface area contributed by atoms with E-state index >= 15 is 0 Å². The second-order valence-electron chi connectivity index (χ2n) is 7.80. The van der Waals surface area contributed by atoms with Gasteiger partial charge in [0.25, 0.3) is 0 Å². The normalized spacial score (nSPS) is 15.6. The van der Waals surface area contributed by atoms with Crippen LogP contribution in [0.1, 0.15) is 62.2 Å². The Kier molecular flexibility index (Phi) is 7.88. The highest BCUT2D eigenvalue weighted by Crippen LogP contribution is 2.26. The van der Waals surface area contributed by atoms with Gasteiger partial charge in [0, 0.05) is 13.6 Å². The van der Waals surface area contributed by atoms with Crippen LogP contribution in [-0.4, -0.2) is 27.3 Å². The van der Waals surface area contributed by atoms with Gasteiger partial charge in [0.15, 0.2) is 11.8 Å². The average Bonchev–Trinajstić information content (AvgIpc) is 3.06. The van der Waals surface area contributed by atoms with E-state index < -0.39 is 0 Å². The van der Waals surface area contributed by atoms with E-state index in [9.17, 15) is 0 Å². The lowest BCUT2D eigenvalue weighted by molar-refractivity contribution is 0.332. The van der Waals surface area contributed by atoms with Gasteiger partial charge < -0.3 is 15.2 Å². The van der Waals surface area contributed by atoms with Crippen molar-refractivity contribution in [1.29, 1.82) is 0 Å². The molecular weight excluding hydrogens is 348 g/mol. The van der Waals surface area contributed by atoms with Crippen molar-refractivity contribution in [2.45, 2.75) is 65.0 Å². The lowest BCUT2D eigenvalue weighted by Crippen LogP contribution is -2.38. The molecular formula is C22H34N6. The minimum absolute atomic E-state index is 0.612. The summed E-state index contributed by atoms with van der Waals surface area (Å²) in [6.45, 7) is 4.19. The number of rotatable bonds is 8. The number of aliphatic imine (C=N–C) groups is 1. The van der Waals surface area contributed by atoms with Crippen LogP contribution < -0.4 is 10.6 Å². The maximum Gasteiger partial charge on any atom is 0.191 e. The van der Waals surface area contributed by atoms with Crippen molar-refractivity contribution in [3.63, 3.8) is 0 Å². The zero-order chi connectivity index (χ0) is 19.6. The topological polar surface area (TPSA) is 67.1 Å². The van der Waals surface area contributed by atoms with Crippen LogP contribution in [0.25, 0.3) is 0 Å². The summed E-state index contributed by atoms with van der Waals surface area (Å²) in [5, 5.41) is 15.3. The molecule has 0 aliphatic heterocycles. The molecule has 3 rings (SSSR count). The molecule has 1 aliphatic carbocycles. The number of hydrogen-bond donors (Lipinski definition) is 2. The zero-order valence-electron chi connectivity index (χ0n) is 17.3. The van der Waals surface area contributed by atoms with Crippen LogP contribution in [0.4, 0.5) is 0 Å². The Morgan fingerprint density at radius 1 is 1.11 bits per heavy atom. The first-order chi connectivity index (χ1) is 13.7. The van der Waals surface area contributed by atoms with Gasteiger partial charge in [0.2, 0.25) is 0 Å². The fourth-order valence-electron chi connectivity index (χ4n) is 3.77. The van der Waals surface area contributed by atoms with Crippen molar-refractivity contribution < 1.29 is 0 Å². The summed E-state index contributed by atoms with van der Waals surface area (Å²) in [5.74, 6) is 3.59. The van der Waals surface area contributed by atoms with Crippen LogP contribution in [0.3, 0.4) is 0 Å². The maximum absolute atomic E-state index is 4.77. The van der Waals surface area contributed by atoms with Crippen molar-refractivity contribution in [2.24, 2.45) is 18.0 Å². The van der Waals surface area contributed by atoms with Gasteiger partial charge in [0.1, 0.15) is 5.82 Å². The molecule has 0 bridgehead atoms. The summed E-state index contributed by atoms with van der Waals surface area (Å²) < 4.78 is 2.00. The maximum atomic E-state index is 4.77. The number of benzene rings is 1. The van der Waals surface area contributed by atoms with Gasteiger partial charge >= 0.3 is 0 Å². The summed E-state index contributed by atoms with van der Waals surface area (Å²) >= 11 is 0. The minimum Gasteiger partial charge on any atom is -0.356 e. The number of guanidine groups is 1. The number of aromatic nitrogens is 3. The molecule has 1 aromatic carbocycles. The highest BCUT2D eigenvalue weighted by atomic mass is 15.3. The van der Waals surface area contributed by atoms with Gasteiger partial charge in [-0.15, -0.1) is 10.2 Å². The molecule has 1 heterocycles. The summed E-state index contributed by atoms with van der Waals surface area (Å²) in [5.41, 5.74) is 1.21. The first kappa shape index (κ1) is 20.4. The monoisotopic (exact) mass is 382 g/mol. The van der Waals surface area contributed by atoms with Gasteiger partial charge in [-0.05, 0) is 31.2 Å². The molecule has 0 spiro atoms. The highest BCUT2D eigenvalue weighted by Gasteiger charge is 2.13. The molecule has 6 nitrogen and oxygen atoms in total. The number of hydrogen-bond acceptors (Lipinski definition) is 3. The summed E-state index contributed by atoms with van der Waals surface area (Å²) in [4.78, 5) is 4.77. The second-order valence-corrected chi connectivity index (χ2v) is 7.80. The van der Waals surface area contributed by atoms with E-state index in [1.165, 1.54) is 50.5 Å². The van der Waals surface area contributed by atoms with E-state index in [4.69, 9.17) is 4.99 Å². The predicted molar refractivity (Wildman–Crippen MR) is 114 cm³/mol. The van der Waals surface area contributed by atoms with Crippen LogP contribution in [0.15, 0.2) is 35.3 Å².